The van der Waals surface area contributed by atoms with Crippen LogP contribution in [-0.4, -0.2) is 28.4 Å². The van der Waals surface area contributed by atoms with Gasteiger partial charge in [-0.3, -0.25) is 4.79 Å². The lowest BCUT2D eigenvalue weighted by molar-refractivity contribution is 0.0455. The number of carbonyl (C=O) groups is 1. The molecule has 1 heterocycles. The highest BCUT2D eigenvalue weighted by Gasteiger charge is 2.32. The van der Waals surface area contributed by atoms with Gasteiger partial charge < -0.3 is 10.6 Å². The van der Waals surface area contributed by atoms with Crippen molar-refractivity contribution in [2.75, 3.05) is 6.54 Å². The maximum absolute atomic E-state index is 12.6. The molecule has 0 radical (unpaired) electrons. The van der Waals surface area contributed by atoms with E-state index in [1.54, 1.807) is 0 Å². The molecule has 0 saturated carbocycles. The zero-order valence-electron chi connectivity index (χ0n) is 12.3. The van der Waals surface area contributed by atoms with E-state index < -0.39 is 0 Å². The Morgan fingerprint density at radius 2 is 1.75 bits per heavy atom. The fraction of sp³-hybridized carbons (Fsp3) is 0.500. The summed E-state index contributed by atoms with van der Waals surface area (Å²) in [7, 11) is 0. The summed E-state index contributed by atoms with van der Waals surface area (Å²) in [5, 5.41) is 0. The maximum atomic E-state index is 12.6. The fourth-order valence-corrected chi connectivity index (χ4v) is 3.06. The zero-order valence-corrected chi connectivity index (χ0v) is 13.1. The Kier molecular flexibility index (Phi) is 4.43. The van der Waals surface area contributed by atoms with Crippen molar-refractivity contribution < 1.29 is 4.79 Å². The van der Waals surface area contributed by atoms with Gasteiger partial charge in [-0.2, -0.15) is 0 Å². The highest BCUT2D eigenvalue weighted by atomic mass is 32.1. The zero-order chi connectivity index (χ0) is 14.9. The van der Waals surface area contributed by atoms with Gasteiger partial charge >= 0.3 is 0 Å². The molecule has 20 heavy (non-hydrogen) atoms. The second kappa shape index (κ2) is 5.92. The highest BCUT2D eigenvalue weighted by Crippen LogP contribution is 2.28. The number of likely N-dealkylation sites (tertiary alicyclic amines) is 1. The topological polar surface area (TPSA) is 46.3 Å². The van der Waals surface area contributed by atoms with Crippen molar-refractivity contribution in [3.05, 3.63) is 35.4 Å². The molecule has 0 aromatic heterocycles. The van der Waals surface area contributed by atoms with Gasteiger partial charge in [0.2, 0.25) is 0 Å². The molecule has 1 fully saturated rings. The van der Waals surface area contributed by atoms with E-state index >= 15 is 0 Å². The summed E-state index contributed by atoms with van der Waals surface area (Å²) >= 11 is 4.93. The number of amides is 1. The molecule has 108 valence electrons. The van der Waals surface area contributed by atoms with E-state index in [0.717, 1.165) is 12.1 Å². The van der Waals surface area contributed by atoms with Crippen LogP contribution >= 0.6 is 12.2 Å². The van der Waals surface area contributed by atoms with Crippen LogP contribution in [0.2, 0.25) is 0 Å². The molecule has 4 heteroatoms. The molecular formula is C16H22N2OS. The molecular weight excluding hydrogens is 268 g/mol. The summed E-state index contributed by atoms with van der Waals surface area (Å²) in [6.45, 7) is 7.40. The minimum Gasteiger partial charge on any atom is -0.389 e. The van der Waals surface area contributed by atoms with E-state index in [9.17, 15) is 4.79 Å². The Bertz CT molecular complexity index is 512. The fourth-order valence-electron chi connectivity index (χ4n) is 2.93. The summed E-state index contributed by atoms with van der Waals surface area (Å²) in [5.74, 6) is 1.20. The average Bonchev–Trinajstić information content (AvgIpc) is 2.42. The number of rotatable bonds is 2. The number of hydrogen-bond donors (Lipinski definition) is 1. The Labute approximate surface area is 126 Å². The summed E-state index contributed by atoms with van der Waals surface area (Å²) in [6.07, 6.45) is 1.19. The first-order chi connectivity index (χ1) is 9.40. The van der Waals surface area contributed by atoms with Gasteiger partial charge in [-0.05, 0) is 37.3 Å². The number of benzene rings is 1. The van der Waals surface area contributed by atoms with E-state index in [0.29, 0.717) is 22.4 Å². The molecule has 1 aromatic rings. The normalized spacial score (nSPS) is 26.4. The van der Waals surface area contributed by atoms with Gasteiger partial charge in [-0.15, -0.1) is 0 Å². The van der Waals surface area contributed by atoms with E-state index in [2.05, 4.69) is 20.8 Å². The molecule has 0 aliphatic carbocycles. The monoisotopic (exact) mass is 290 g/mol. The summed E-state index contributed by atoms with van der Waals surface area (Å²) in [6, 6.07) is 7.55. The molecule has 1 aliphatic rings. The molecule has 2 rings (SSSR count). The SMILES string of the molecule is CC1CC(C)C(C)N(C(=O)c2ccc(C(N)=S)cc2)C1. The number of hydrogen-bond acceptors (Lipinski definition) is 2. The largest absolute Gasteiger partial charge is 0.389 e. The molecule has 3 unspecified atom stereocenters. The molecule has 0 spiro atoms. The van der Waals surface area contributed by atoms with Gasteiger partial charge in [0.15, 0.2) is 0 Å². The number of nitrogens with zero attached hydrogens (tertiary/aromatic N) is 1. The number of carbonyl (C=O) groups excluding carboxylic acids is 1. The Hall–Kier alpha value is -1.42. The van der Waals surface area contributed by atoms with Crippen LogP contribution in [0.15, 0.2) is 24.3 Å². The summed E-state index contributed by atoms with van der Waals surface area (Å²) < 4.78 is 0. The summed E-state index contributed by atoms with van der Waals surface area (Å²) in [5.41, 5.74) is 7.08. The lowest BCUT2D eigenvalue weighted by Gasteiger charge is -2.41. The van der Waals surface area contributed by atoms with Crippen LogP contribution in [0, 0.1) is 11.8 Å². The Morgan fingerprint density at radius 1 is 1.20 bits per heavy atom. The molecule has 1 aliphatic heterocycles. The third-order valence-corrected chi connectivity index (χ3v) is 4.51. The number of thiocarbonyl (C=S) groups is 1. The third-order valence-electron chi connectivity index (χ3n) is 4.27. The molecule has 3 nitrogen and oxygen atoms in total. The van der Waals surface area contributed by atoms with Crippen molar-refractivity contribution in [1.29, 1.82) is 0 Å². The third kappa shape index (κ3) is 3.01. The second-order valence-electron chi connectivity index (χ2n) is 5.96. The van der Waals surface area contributed by atoms with E-state index in [4.69, 9.17) is 18.0 Å². The van der Waals surface area contributed by atoms with Crippen molar-refractivity contribution in [3.63, 3.8) is 0 Å². The quantitative estimate of drug-likeness (QED) is 0.852. The summed E-state index contributed by atoms with van der Waals surface area (Å²) in [4.78, 5) is 15.0. The first-order valence-electron chi connectivity index (χ1n) is 7.11. The predicted molar refractivity (Wildman–Crippen MR) is 85.8 cm³/mol. The van der Waals surface area contributed by atoms with E-state index in [1.807, 2.05) is 29.2 Å². The molecule has 1 amide bonds. The van der Waals surface area contributed by atoms with E-state index in [1.165, 1.54) is 6.42 Å². The molecule has 0 bridgehead atoms. The van der Waals surface area contributed by atoms with Gasteiger partial charge in [0.1, 0.15) is 4.99 Å². The van der Waals surface area contributed by atoms with Crippen molar-refractivity contribution in [3.8, 4) is 0 Å². The van der Waals surface area contributed by atoms with Gasteiger partial charge in [-0.25, -0.2) is 0 Å². The second-order valence-corrected chi connectivity index (χ2v) is 6.40. The van der Waals surface area contributed by atoms with Crippen LogP contribution in [0.3, 0.4) is 0 Å². The smallest absolute Gasteiger partial charge is 0.254 e. The first kappa shape index (κ1) is 15.0. The van der Waals surface area contributed by atoms with Crippen LogP contribution in [0.4, 0.5) is 0 Å². The van der Waals surface area contributed by atoms with Crippen molar-refractivity contribution in [2.45, 2.75) is 33.2 Å². The predicted octanol–water partition coefficient (Wildman–Crippen LogP) is 2.83. The van der Waals surface area contributed by atoms with Gasteiger partial charge in [0.25, 0.3) is 5.91 Å². The minimum atomic E-state index is 0.102. The molecule has 3 atom stereocenters. The van der Waals surface area contributed by atoms with Gasteiger partial charge in [-0.1, -0.05) is 38.2 Å². The maximum Gasteiger partial charge on any atom is 0.254 e. The average molecular weight is 290 g/mol. The van der Waals surface area contributed by atoms with Crippen LogP contribution < -0.4 is 5.73 Å². The lowest BCUT2D eigenvalue weighted by Crippen LogP contribution is -2.48. The molecule has 1 saturated heterocycles. The standard InChI is InChI=1S/C16H22N2OS/c1-10-8-11(2)12(3)18(9-10)16(19)14-6-4-13(5-7-14)15(17)20/h4-7,10-12H,8-9H2,1-3H3,(H2,17,20). The Balaban J connectivity index is 2.19. The Morgan fingerprint density at radius 3 is 2.30 bits per heavy atom. The van der Waals surface area contributed by atoms with Crippen molar-refractivity contribution in [2.24, 2.45) is 17.6 Å². The molecule has 2 N–H and O–H groups in total. The van der Waals surface area contributed by atoms with Crippen LogP contribution in [0.1, 0.15) is 43.1 Å². The van der Waals surface area contributed by atoms with Crippen LogP contribution in [-0.2, 0) is 0 Å². The van der Waals surface area contributed by atoms with Crippen molar-refractivity contribution >= 4 is 23.1 Å². The van der Waals surface area contributed by atoms with Gasteiger partial charge in [0.05, 0.1) is 0 Å². The number of nitrogens with two attached hydrogens (primary N) is 1. The van der Waals surface area contributed by atoms with Crippen molar-refractivity contribution in [1.82, 2.24) is 4.90 Å². The minimum absolute atomic E-state index is 0.102. The van der Waals surface area contributed by atoms with Crippen LogP contribution in [0.25, 0.3) is 0 Å². The van der Waals surface area contributed by atoms with E-state index in [-0.39, 0.29) is 11.9 Å². The number of piperidine rings is 1. The lowest BCUT2D eigenvalue weighted by atomic mass is 9.85. The highest BCUT2D eigenvalue weighted by molar-refractivity contribution is 7.80. The molecule has 1 aromatic carbocycles. The first-order valence-corrected chi connectivity index (χ1v) is 7.51. The van der Waals surface area contributed by atoms with Gasteiger partial charge in [0, 0.05) is 23.7 Å². The van der Waals surface area contributed by atoms with Crippen LogP contribution in [0.5, 0.6) is 0 Å².